The van der Waals surface area contributed by atoms with Crippen molar-refractivity contribution >= 4 is 44.6 Å². The third-order valence-electron chi connectivity index (χ3n) is 12.7. The maximum Gasteiger partial charge on any atom is 0.427 e. The fourth-order valence-corrected chi connectivity index (χ4v) is 9.87. The Labute approximate surface area is 340 Å². The highest BCUT2D eigenvalue weighted by atomic mass is 32.2. The molecule has 7 rings (SSSR count). The minimum atomic E-state index is -4.90. The van der Waals surface area contributed by atoms with Gasteiger partial charge in [-0.05, 0) is 84.4 Å². The summed E-state index contributed by atoms with van der Waals surface area (Å²) in [5.74, 6) is -5.01. The highest BCUT2D eigenvalue weighted by molar-refractivity contribution is 7.91. The van der Waals surface area contributed by atoms with Gasteiger partial charge in [-0.15, -0.1) is 0 Å². The van der Waals surface area contributed by atoms with Crippen molar-refractivity contribution in [2.45, 2.75) is 138 Å². The molecule has 6 atom stereocenters. The number of hydrogen-bond donors (Lipinski definition) is 2. The maximum atomic E-state index is 16.8. The van der Waals surface area contributed by atoms with E-state index < -0.39 is 91.8 Å². The standard InChI is InChI=1S/C41H50F4N4O9S/c1-23-33-32(27-18-26(56-5)13-14-29(27)46-23)28(42)20-39(58-33)21-30-34(51)47-40(36(53)48-59(54,55)38(4)15-16-38)19-25(40)12-10-8-6-7-9-11-24(35(52)49(30)22-39)17-31(50)57-37(2,3)41(43,44)45/h10,12-14,18,24-25,28,30H,6-9,11,15-17,19-22H2,1-5H3,(H,47,51)(H,48,53)/b12-10-/t24-,25-,28-,30+,39-,40-/m1/s1. The van der Waals surface area contributed by atoms with Crippen LogP contribution in [0.1, 0.15) is 109 Å². The number of methoxy groups -OCH3 is 1. The highest BCUT2D eigenvalue weighted by Gasteiger charge is 2.64. The van der Waals surface area contributed by atoms with Gasteiger partial charge in [-0.1, -0.05) is 25.0 Å². The molecular weight excluding hydrogens is 801 g/mol. The molecule has 3 fully saturated rings. The SMILES string of the molecule is COc1ccc2nc(C)c3c(c2c1)[C@H](F)C[C@]1(C[C@H]2C(=O)N[C@]4(C(=O)NS(=O)(=O)C5(C)CC5)C[C@H]4/C=C\CCCCC[C@H](CC(=O)OC(C)(C)C(F)(F)F)C(=O)N2C1)O3. The maximum absolute atomic E-state index is 16.8. The molecule has 3 amide bonds. The molecule has 1 aromatic heterocycles. The topological polar surface area (TPSA) is 170 Å². The fourth-order valence-electron chi connectivity index (χ4n) is 8.55. The van der Waals surface area contributed by atoms with E-state index in [1.54, 1.807) is 31.2 Å². The van der Waals surface area contributed by atoms with E-state index in [-0.39, 0.29) is 43.5 Å². The van der Waals surface area contributed by atoms with Crippen molar-refractivity contribution in [3.8, 4) is 11.5 Å². The molecule has 59 heavy (non-hydrogen) atoms. The fraction of sp³-hybridized carbons (Fsp3) is 0.634. The Balaban J connectivity index is 1.25. The Hall–Kier alpha value is -4.48. The first kappa shape index (κ1) is 42.6. The van der Waals surface area contributed by atoms with Crippen LogP contribution in [0.15, 0.2) is 30.4 Å². The van der Waals surface area contributed by atoms with E-state index in [9.17, 15) is 40.8 Å². The van der Waals surface area contributed by atoms with Crippen molar-refractivity contribution in [1.29, 1.82) is 0 Å². The number of halogens is 4. The van der Waals surface area contributed by atoms with Gasteiger partial charge in [0.1, 0.15) is 34.9 Å². The first-order valence-corrected chi connectivity index (χ1v) is 21.5. The van der Waals surface area contributed by atoms with Gasteiger partial charge in [0.05, 0.1) is 36.0 Å². The molecule has 3 aliphatic heterocycles. The number of nitrogens with one attached hydrogen (secondary N) is 2. The number of esters is 1. The minimum absolute atomic E-state index is 0.0693. The van der Waals surface area contributed by atoms with Crippen LogP contribution in [0.3, 0.4) is 0 Å². The number of hydrogen-bond acceptors (Lipinski definition) is 10. The second-order valence-corrected chi connectivity index (χ2v) is 19.8. The first-order chi connectivity index (χ1) is 27.5. The molecule has 1 aromatic carbocycles. The number of allylic oxidation sites excluding steroid dienone is 1. The molecule has 1 saturated heterocycles. The molecule has 2 saturated carbocycles. The summed E-state index contributed by atoms with van der Waals surface area (Å²) in [6.07, 6.45) is -1.28. The minimum Gasteiger partial charge on any atom is -0.497 e. The summed E-state index contributed by atoms with van der Waals surface area (Å²) in [7, 11) is -2.64. The van der Waals surface area contributed by atoms with Crippen LogP contribution in [-0.2, 0) is 33.9 Å². The van der Waals surface area contributed by atoms with Crippen LogP contribution < -0.4 is 19.5 Å². The Kier molecular flexibility index (Phi) is 10.8. The zero-order valence-corrected chi connectivity index (χ0v) is 34.5. The zero-order valence-electron chi connectivity index (χ0n) is 33.7. The van der Waals surface area contributed by atoms with Crippen LogP contribution in [0.2, 0.25) is 0 Å². The summed E-state index contributed by atoms with van der Waals surface area (Å²) in [4.78, 5) is 62.3. The van der Waals surface area contributed by atoms with Crippen molar-refractivity contribution in [2.24, 2.45) is 11.8 Å². The molecule has 0 bridgehead atoms. The number of aromatic nitrogens is 1. The highest BCUT2D eigenvalue weighted by Crippen LogP contribution is 2.52. The van der Waals surface area contributed by atoms with Gasteiger partial charge in [0.15, 0.2) is 0 Å². The number of fused-ring (bicyclic) bond motifs is 5. The molecular formula is C41H50F4N4O9S. The molecule has 4 heterocycles. The Morgan fingerprint density at radius 1 is 1.10 bits per heavy atom. The average Bonchev–Trinajstić information content (AvgIpc) is 4.04. The normalized spacial score (nSPS) is 30.1. The van der Waals surface area contributed by atoms with Crippen LogP contribution in [0, 0.1) is 18.8 Å². The molecule has 5 aliphatic rings. The third kappa shape index (κ3) is 7.97. The van der Waals surface area contributed by atoms with E-state index in [1.165, 1.54) is 14.0 Å². The van der Waals surface area contributed by atoms with Gasteiger partial charge in [0.2, 0.25) is 27.4 Å². The van der Waals surface area contributed by atoms with Crippen molar-refractivity contribution in [3.63, 3.8) is 0 Å². The van der Waals surface area contributed by atoms with Crippen LogP contribution in [0.5, 0.6) is 11.5 Å². The summed E-state index contributed by atoms with van der Waals surface area (Å²) in [5.41, 5.74) is -5.00. The molecule has 322 valence electrons. The Morgan fingerprint density at radius 3 is 2.51 bits per heavy atom. The van der Waals surface area contributed by atoms with Crippen molar-refractivity contribution in [2.75, 3.05) is 13.7 Å². The predicted molar refractivity (Wildman–Crippen MR) is 205 cm³/mol. The molecule has 1 spiro atoms. The van der Waals surface area contributed by atoms with Gasteiger partial charge in [-0.2, -0.15) is 13.2 Å². The molecule has 0 radical (unpaired) electrons. The van der Waals surface area contributed by atoms with Crippen LogP contribution in [-0.4, -0.2) is 89.4 Å². The van der Waals surface area contributed by atoms with E-state index in [1.807, 2.05) is 6.08 Å². The van der Waals surface area contributed by atoms with E-state index in [2.05, 4.69) is 15.0 Å². The zero-order chi connectivity index (χ0) is 42.9. The lowest BCUT2D eigenvalue weighted by molar-refractivity contribution is -0.257. The lowest BCUT2D eigenvalue weighted by Gasteiger charge is -2.38. The molecule has 0 unspecified atom stereocenters. The third-order valence-corrected chi connectivity index (χ3v) is 14.9. The number of amides is 3. The van der Waals surface area contributed by atoms with Crippen molar-refractivity contribution < 1.29 is 59.4 Å². The van der Waals surface area contributed by atoms with Crippen LogP contribution >= 0.6 is 0 Å². The lowest BCUT2D eigenvalue weighted by atomic mass is 9.86. The molecule has 13 nitrogen and oxygen atoms in total. The van der Waals surface area contributed by atoms with Gasteiger partial charge < -0.3 is 24.4 Å². The van der Waals surface area contributed by atoms with E-state index in [0.717, 1.165) is 4.90 Å². The van der Waals surface area contributed by atoms with E-state index >= 15 is 4.39 Å². The monoisotopic (exact) mass is 850 g/mol. The second kappa shape index (κ2) is 14.9. The summed E-state index contributed by atoms with van der Waals surface area (Å²) < 4.78 is 102. The average molecular weight is 851 g/mol. The quantitative estimate of drug-likeness (QED) is 0.192. The molecule has 2 aliphatic carbocycles. The van der Waals surface area contributed by atoms with Crippen LogP contribution in [0.25, 0.3) is 10.9 Å². The predicted octanol–water partition coefficient (Wildman–Crippen LogP) is 5.97. The van der Waals surface area contributed by atoms with Gasteiger partial charge in [-0.3, -0.25) is 23.9 Å². The number of rotatable bonds is 7. The number of ether oxygens (including phenoxy) is 3. The van der Waals surface area contributed by atoms with Crippen molar-refractivity contribution in [3.05, 3.63) is 41.6 Å². The number of carbonyl (C=O) groups excluding carboxylic acids is 4. The molecule has 2 N–H and O–H groups in total. The number of aryl methyl sites for hydroxylation is 1. The molecule has 2 aromatic rings. The number of benzene rings is 1. The van der Waals surface area contributed by atoms with E-state index in [0.29, 0.717) is 74.7 Å². The Morgan fingerprint density at radius 2 is 1.83 bits per heavy atom. The Bertz CT molecular complexity index is 2210. The number of carbonyl (C=O) groups is 4. The number of pyridine rings is 1. The summed E-state index contributed by atoms with van der Waals surface area (Å²) >= 11 is 0. The van der Waals surface area contributed by atoms with Gasteiger partial charge in [-0.25, -0.2) is 17.8 Å². The smallest absolute Gasteiger partial charge is 0.427 e. The van der Waals surface area contributed by atoms with Crippen molar-refractivity contribution in [1.82, 2.24) is 19.9 Å². The van der Waals surface area contributed by atoms with Gasteiger partial charge in [0, 0.05) is 35.6 Å². The molecule has 18 heteroatoms. The van der Waals surface area contributed by atoms with Gasteiger partial charge in [0.25, 0.3) is 5.91 Å². The number of alkyl halides is 4. The first-order valence-electron chi connectivity index (χ1n) is 20.0. The van der Waals surface area contributed by atoms with Crippen LogP contribution in [0.4, 0.5) is 17.6 Å². The summed E-state index contributed by atoms with van der Waals surface area (Å²) in [5, 5.41) is 3.22. The summed E-state index contributed by atoms with van der Waals surface area (Å²) in [6.45, 7) is 4.22. The summed E-state index contributed by atoms with van der Waals surface area (Å²) in [6, 6.07) is 3.60. The van der Waals surface area contributed by atoms with E-state index in [4.69, 9.17) is 14.2 Å². The lowest BCUT2D eigenvalue weighted by Crippen LogP contribution is -2.57. The second-order valence-electron chi connectivity index (χ2n) is 17.6. The van der Waals surface area contributed by atoms with Gasteiger partial charge >= 0.3 is 12.1 Å². The number of nitrogens with zero attached hydrogens (tertiary/aromatic N) is 2. The largest absolute Gasteiger partial charge is 0.497 e. The number of sulfonamides is 1.